The predicted octanol–water partition coefficient (Wildman–Crippen LogP) is 1.72. The fourth-order valence-corrected chi connectivity index (χ4v) is 1.49. The van der Waals surface area contributed by atoms with Crippen LogP contribution in [0.3, 0.4) is 0 Å². The van der Waals surface area contributed by atoms with Gasteiger partial charge in [0, 0.05) is 4.47 Å². The van der Waals surface area contributed by atoms with Crippen LogP contribution in [0.2, 0.25) is 0 Å². The Morgan fingerprint density at radius 3 is 2.71 bits per heavy atom. The first-order valence-electron chi connectivity index (χ1n) is 3.81. The minimum atomic E-state index is -3.94. The fraction of sp³-hybridized carbons (Fsp3) is 0.250. The Kier molecular flexibility index (Phi) is 3.91. The zero-order valence-electron chi connectivity index (χ0n) is 7.18. The second-order valence-corrected chi connectivity index (χ2v) is 5.08. The molecule has 1 rings (SSSR count). The molecule has 1 aromatic carbocycles. The second-order valence-electron chi connectivity index (χ2n) is 2.59. The molecule has 78 valence electrons. The topological polar surface area (TPSA) is 63.6 Å². The molecule has 0 amide bonds. The van der Waals surface area contributed by atoms with Crippen LogP contribution < -0.4 is 4.74 Å². The quantitative estimate of drug-likeness (QED) is 0.853. The number of halogens is 1. The molecular weight excluding hydrogens is 272 g/mol. The van der Waals surface area contributed by atoms with E-state index in [0.29, 0.717) is 5.75 Å². The molecule has 6 heteroatoms. The van der Waals surface area contributed by atoms with Gasteiger partial charge in [0.1, 0.15) is 18.1 Å². The summed E-state index contributed by atoms with van der Waals surface area (Å²) in [4.78, 5) is 0. The highest BCUT2D eigenvalue weighted by Gasteiger charge is 2.04. The van der Waals surface area contributed by atoms with E-state index in [1.165, 1.54) is 0 Å². The maximum atomic E-state index is 10.4. The molecule has 0 saturated carbocycles. The molecule has 1 N–H and O–H groups in total. The lowest BCUT2D eigenvalue weighted by Gasteiger charge is -2.04. The zero-order chi connectivity index (χ0) is 10.6. The van der Waals surface area contributed by atoms with E-state index >= 15 is 0 Å². The summed E-state index contributed by atoms with van der Waals surface area (Å²) in [7, 11) is -3.94. The number of hydrogen-bond donors (Lipinski definition) is 1. The van der Waals surface area contributed by atoms with Crippen molar-refractivity contribution >= 4 is 26.0 Å². The molecule has 0 heterocycles. The Hall–Kier alpha value is -0.590. The van der Waals surface area contributed by atoms with E-state index in [2.05, 4.69) is 15.9 Å². The molecule has 0 aliphatic heterocycles. The smallest absolute Gasteiger partial charge is 0.268 e. The van der Waals surface area contributed by atoms with Gasteiger partial charge < -0.3 is 4.74 Å². The van der Waals surface area contributed by atoms with Crippen LogP contribution in [0, 0.1) is 0 Å². The number of benzene rings is 1. The molecule has 0 aliphatic carbocycles. The van der Waals surface area contributed by atoms with Gasteiger partial charge >= 0.3 is 0 Å². The number of hydrogen-bond acceptors (Lipinski definition) is 3. The SMILES string of the molecule is O=S(=O)(O)CCOc1cccc(Br)c1. The summed E-state index contributed by atoms with van der Waals surface area (Å²) in [6.45, 7) is -0.0602. The molecule has 0 atom stereocenters. The summed E-state index contributed by atoms with van der Waals surface area (Å²) in [6.07, 6.45) is 0. The lowest BCUT2D eigenvalue weighted by molar-refractivity contribution is 0.335. The maximum absolute atomic E-state index is 10.4. The van der Waals surface area contributed by atoms with Crippen molar-refractivity contribution in [2.45, 2.75) is 0 Å². The monoisotopic (exact) mass is 280 g/mol. The molecule has 0 radical (unpaired) electrons. The summed E-state index contributed by atoms with van der Waals surface area (Å²) < 4.78 is 35.1. The van der Waals surface area contributed by atoms with Crippen LogP contribution in [0.15, 0.2) is 28.7 Å². The molecule has 1 aromatic rings. The zero-order valence-corrected chi connectivity index (χ0v) is 9.58. The minimum Gasteiger partial charge on any atom is -0.492 e. The Bertz CT molecular complexity index is 402. The summed E-state index contributed by atoms with van der Waals surface area (Å²) in [5, 5.41) is 0. The van der Waals surface area contributed by atoms with Crippen LogP contribution in [0.5, 0.6) is 5.75 Å². The van der Waals surface area contributed by atoms with E-state index < -0.39 is 15.9 Å². The van der Waals surface area contributed by atoms with Crippen molar-refractivity contribution in [3.05, 3.63) is 28.7 Å². The van der Waals surface area contributed by atoms with Crippen molar-refractivity contribution in [3.63, 3.8) is 0 Å². The van der Waals surface area contributed by atoms with Gasteiger partial charge in [-0.25, -0.2) is 0 Å². The van der Waals surface area contributed by atoms with E-state index in [0.717, 1.165) is 4.47 Å². The maximum Gasteiger partial charge on any atom is 0.268 e. The fourth-order valence-electron chi connectivity index (χ4n) is 0.822. The van der Waals surface area contributed by atoms with E-state index in [1.807, 2.05) is 6.07 Å². The molecule has 0 aromatic heterocycles. The van der Waals surface area contributed by atoms with Gasteiger partial charge in [0.25, 0.3) is 10.1 Å². The summed E-state index contributed by atoms with van der Waals surface area (Å²) in [6, 6.07) is 7.02. The average molecular weight is 281 g/mol. The molecule has 0 spiro atoms. The highest BCUT2D eigenvalue weighted by Crippen LogP contribution is 2.17. The van der Waals surface area contributed by atoms with E-state index in [9.17, 15) is 8.42 Å². The van der Waals surface area contributed by atoms with Crippen LogP contribution in [0.1, 0.15) is 0 Å². The Morgan fingerprint density at radius 1 is 1.43 bits per heavy atom. The molecular formula is C8H9BrO4S. The summed E-state index contributed by atoms with van der Waals surface area (Å²) in [5.74, 6) is 0.155. The summed E-state index contributed by atoms with van der Waals surface area (Å²) in [5.41, 5.74) is 0. The van der Waals surface area contributed by atoms with Crippen LogP contribution >= 0.6 is 15.9 Å². The van der Waals surface area contributed by atoms with E-state index in [1.54, 1.807) is 18.2 Å². The lowest BCUT2D eigenvalue weighted by atomic mass is 10.3. The van der Waals surface area contributed by atoms with E-state index in [4.69, 9.17) is 9.29 Å². The molecule has 0 aliphatic rings. The third-order valence-electron chi connectivity index (χ3n) is 1.41. The average Bonchev–Trinajstić information content (AvgIpc) is 2.01. The molecule has 0 fully saturated rings. The van der Waals surface area contributed by atoms with Gasteiger partial charge in [-0.1, -0.05) is 22.0 Å². The van der Waals surface area contributed by atoms with Gasteiger partial charge in [-0.2, -0.15) is 8.42 Å². The van der Waals surface area contributed by atoms with Crippen molar-refractivity contribution in [2.24, 2.45) is 0 Å². The van der Waals surface area contributed by atoms with E-state index in [-0.39, 0.29) is 6.61 Å². The van der Waals surface area contributed by atoms with Gasteiger partial charge in [0.05, 0.1) is 0 Å². The minimum absolute atomic E-state index is 0.0602. The predicted molar refractivity (Wildman–Crippen MR) is 56.1 cm³/mol. The Labute approximate surface area is 90.8 Å². The van der Waals surface area contributed by atoms with Gasteiger partial charge in [-0.05, 0) is 18.2 Å². The number of rotatable bonds is 4. The Morgan fingerprint density at radius 2 is 2.14 bits per heavy atom. The normalized spacial score (nSPS) is 11.3. The second kappa shape index (κ2) is 4.77. The van der Waals surface area contributed by atoms with Crippen molar-refractivity contribution in [3.8, 4) is 5.75 Å². The van der Waals surface area contributed by atoms with Crippen molar-refractivity contribution in [1.82, 2.24) is 0 Å². The van der Waals surface area contributed by atoms with Crippen LogP contribution in [0.25, 0.3) is 0 Å². The first-order valence-corrected chi connectivity index (χ1v) is 6.21. The van der Waals surface area contributed by atoms with Crippen molar-refractivity contribution in [2.75, 3.05) is 12.4 Å². The molecule has 0 bridgehead atoms. The van der Waals surface area contributed by atoms with Crippen LogP contribution in [-0.2, 0) is 10.1 Å². The lowest BCUT2D eigenvalue weighted by Crippen LogP contribution is -2.12. The van der Waals surface area contributed by atoms with Gasteiger partial charge in [-0.15, -0.1) is 0 Å². The van der Waals surface area contributed by atoms with Gasteiger partial charge in [0.15, 0.2) is 0 Å². The standard InChI is InChI=1S/C8H9BrO4S/c9-7-2-1-3-8(6-7)13-4-5-14(10,11)12/h1-3,6H,4-5H2,(H,10,11,12). The Balaban J connectivity index is 2.47. The van der Waals surface area contributed by atoms with Crippen LogP contribution in [-0.4, -0.2) is 25.3 Å². The van der Waals surface area contributed by atoms with Crippen molar-refractivity contribution < 1.29 is 17.7 Å². The van der Waals surface area contributed by atoms with Gasteiger partial charge in [-0.3, -0.25) is 4.55 Å². The largest absolute Gasteiger partial charge is 0.492 e. The highest BCUT2D eigenvalue weighted by molar-refractivity contribution is 9.10. The van der Waals surface area contributed by atoms with Crippen LogP contribution in [0.4, 0.5) is 0 Å². The molecule has 0 saturated heterocycles. The van der Waals surface area contributed by atoms with Crippen molar-refractivity contribution in [1.29, 1.82) is 0 Å². The molecule has 14 heavy (non-hydrogen) atoms. The highest BCUT2D eigenvalue weighted by atomic mass is 79.9. The number of ether oxygens (including phenoxy) is 1. The first kappa shape index (κ1) is 11.5. The van der Waals surface area contributed by atoms with Gasteiger partial charge in [0.2, 0.25) is 0 Å². The summed E-state index contributed by atoms with van der Waals surface area (Å²) >= 11 is 3.25. The molecule has 0 unspecified atom stereocenters. The molecule has 4 nitrogen and oxygen atoms in total. The first-order chi connectivity index (χ1) is 6.47. The third-order valence-corrected chi connectivity index (χ3v) is 2.58. The third kappa shape index (κ3) is 4.59.